The van der Waals surface area contributed by atoms with Crippen LogP contribution in [0.25, 0.3) is 0 Å². The average molecular weight is 242 g/mol. The van der Waals surface area contributed by atoms with Gasteiger partial charge in [-0.15, -0.1) is 0 Å². The molecule has 3 nitrogen and oxygen atoms in total. The lowest BCUT2D eigenvalue weighted by molar-refractivity contribution is 0.0460. The van der Waals surface area contributed by atoms with E-state index in [4.69, 9.17) is 4.74 Å². The summed E-state index contributed by atoms with van der Waals surface area (Å²) in [6, 6.07) is 0.676. The van der Waals surface area contributed by atoms with Gasteiger partial charge in [-0.3, -0.25) is 4.90 Å². The van der Waals surface area contributed by atoms with Gasteiger partial charge in [0.2, 0.25) is 0 Å². The van der Waals surface area contributed by atoms with Crippen LogP contribution in [0.3, 0.4) is 0 Å². The first-order valence-corrected chi connectivity index (χ1v) is 7.34. The molecule has 0 saturated carbocycles. The SMILES string of the molecule is CCCNCCC(C)N1CCCOC(CC)C1. The minimum Gasteiger partial charge on any atom is -0.377 e. The Hall–Kier alpha value is -0.120. The van der Waals surface area contributed by atoms with Crippen LogP contribution in [0, 0.1) is 0 Å². The molecule has 1 aliphatic rings. The summed E-state index contributed by atoms with van der Waals surface area (Å²) in [5.74, 6) is 0. The average Bonchev–Trinajstić information content (AvgIpc) is 2.59. The standard InChI is InChI=1S/C14H30N2O/c1-4-8-15-9-7-13(3)16-10-6-11-17-14(5-2)12-16/h13-15H,4-12H2,1-3H3. The van der Waals surface area contributed by atoms with E-state index in [-0.39, 0.29) is 0 Å². The van der Waals surface area contributed by atoms with Gasteiger partial charge in [-0.2, -0.15) is 0 Å². The molecule has 1 aliphatic heterocycles. The molecule has 0 aromatic carbocycles. The maximum Gasteiger partial charge on any atom is 0.0699 e. The largest absolute Gasteiger partial charge is 0.377 e. The maximum absolute atomic E-state index is 5.82. The molecule has 0 bridgehead atoms. The van der Waals surface area contributed by atoms with Crippen LogP contribution in [0.5, 0.6) is 0 Å². The quantitative estimate of drug-likeness (QED) is 0.693. The third kappa shape index (κ3) is 5.84. The molecule has 0 radical (unpaired) electrons. The predicted octanol–water partition coefficient (Wildman–Crippen LogP) is 2.27. The van der Waals surface area contributed by atoms with Gasteiger partial charge in [0.25, 0.3) is 0 Å². The summed E-state index contributed by atoms with van der Waals surface area (Å²) >= 11 is 0. The molecule has 3 heteroatoms. The zero-order valence-corrected chi connectivity index (χ0v) is 11.9. The van der Waals surface area contributed by atoms with Crippen molar-refractivity contribution in [3.05, 3.63) is 0 Å². The fourth-order valence-electron chi connectivity index (χ4n) is 2.37. The molecule has 0 spiro atoms. The van der Waals surface area contributed by atoms with Gasteiger partial charge in [0, 0.05) is 25.7 Å². The highest BCUT2D eigenvalue weighted by molar-refractivity contribution is 4.74. The molecule has 1 rings (SSSR count). The Bertz CT molecular complexity index is 187. The molecule has 17 heavy (non-hydrogen) atoms. The minimum atomic E-state index is 0.448. The smallest absolute Gasteiger partial charge is 0.0699 e. The maximum atomic E-state index is 5.82. The van der Waals surface area contributed by atoms with E-state index >= 15 is 0 Å². The molecule has 102 valence electrons. The topological polar surface area (TPSA) is 24.5 Å². The fraction of sp³-hybridized carbons (Fsp3) is 1.00. The van der Waals surface area contributed by atoms with Crippen molar-refractivity contribution in [1.82, 2.24) is 10.2 Å². The van der Waals surface area contributed by atoms with E-state index in [9.17, 15) is 0 Å². The van der Waals surface area contributed by atoms with Crippen molar-refractivity contribution in [2.75, 3.05) is 32.8 Å². The van der Waals surface area contributed by atoms with Crippen molar-refractivity contribution in [2.45, 2.75) is 58.6 Å². The molecule has 0 aliphatic carbocycles. The van der Waals surface area contributed by atoms with Crippen molar-refractivity contribution in [3.63, 3.8) is 0 Å². The Labute approximate surface area is 107 Å². The summed E-state index contributed by atoms with van der Waals surface area (Å²) in [6.45, 7) is 12.3. The summed E-state index contributed by atoms with van der Waals surface area (Å²) in [5, 5.41) is 3.49. The van der Waals surface area contributed by atoms with Gasteiger partial charge < -0.3 is 10.1 Å². The van der Waals surface area contributed by atoms with Gasteiger partial charge in [0.15, 0.2) is 0 Å². The highest BCUT2D eigenvalue weighted by Crippen LogP contribution is 2.13. The fourth-order valence-corrected chi connectivity index (χ4v) is 2.37. The van der Waals surface area contributed by atoms with Crippen LogP contribution in [0.2, 0.25) is 0 Å². The molecule has 0 amide bonds. The summed E-state index contributed by atoms with van der Waals surface area (Å²) in [6.07, 6.45) is 5.24. The van der Waals surface area contributed by atoms with Crippen LogP contribution >= 0.6 is 0 Å². The first kappa shape index (κ1) is 14.9. The van der Waals surface area contributed by atoms with Gasteiger partial charge in [0.05, 0.1) is 6.10 Å². The van der Waals surface area contributed by atoms with Crippen molar-refractivity contribution >= 4 is 0 Å². The number of rotatable bonds is 7. The molecular formula is C14H30N2O. The van der Waals surface area contributed by atoms with E-state index in [2.05, 4.69) is 31.0 Å². The Morgan fingerprint density at radius 1 is 1.35 bits per heavy atom. The van der Waals surface area contributed by atoms with Gasteiger partial charge in [-0.25, -0.2) is 0 Å². The van der Waals surface area contributed by atoms with Crippen LogP contribution < -0.4 is 5.32 Å². The second-order valence-corrected chi connectivity index (χ2v) is 5.14. The zero-order chi connectivity index (χ0) is 12.5. The van der Waals surface area contributed by atoms with E-state index in [0.29, 0.717) is 12.1 Å². The molecule has 1 saturated heterocycles. The minimum absolute atomic E-state index is 0.448. The predicted molar refractivity (Wildman–Crippen MR) is 73.5 cm³/mol. The van der Waals surface area contributed by atoms with Crippen LogP contribution in [0.15, 0.2) is 0 Å². The van der Waals surface area contributed by atoms with E-state index < -0.39 is 0 Å². The first-order chi connectivity index (χ1) is 8.27. The molecule has 1 fully saturated rings. The van der Waals surface area contributed by atoms with E-state index in [1.807, 2.05) is 0 Å². The van der Waals surface area contributed by atoms with Crippen LogP contribution in [0.1, 0.15) is 46.5 Å². The molecule has 1 N–H and O–H groups in total. The van der Waals surface area contributed by atoms with E-state index in [1.165, 1.54) is 25.8 Å². The molecule has 0 aromatic heterocycles. The number of nitrogens with one attached hydrogen (secondary N) is 1. The van der Waals surface area contributed by atoms with Crippen LogP contribution in [-0.2, 0) is 4.74 Å². The van der Waals surface area contributed by atoms with Crippen molar-refractivity contribution in [3.8, 4) is 0 Å². The zero-order valence-electron chi connectivity index (χ0n) is 11.9. The Kier molecular flexibility index (Phi) is 7.82. The molecular weight excluding hydrogens is 212 g/mol. The number of hydrogen-bond donors (Lipinski definition) is 1. The molecule has 2 unspecified atom stereocenters. The second-order valence-electron chi connectivity index (χ2n) is 5.14. The van der Waals surface area contributed by atoms with Crippen molar-refractivity contribution < 1.29 is 4.74 Å². The number of nitrogens with zero attached hydrogens (tertiary/aromatic N) is 1. The lowest BCUT2D eigenvalue weighted by atomic mass is 10.1. The van der Waals surface area contributed by atoms with Gasteiger partial charge in [-0.1, -0.05) is 13.8 Å². The Morgan fingerprint density at radius 3 is 2.88 bits per heavy atom. The highest BCUT2D eigenvalue weighted by Gasteiger charge is 2.20. The van der Waals surface area contributed by atoms with Crippen LogP contribution in [-0.4, -0.2) is 49.8 Å². The van der Waals surface area contributed by atoms with Crippen molar-refractivity contribution in [1.29, 1.82) is 0 Å². The molecule has 2 atom stereocenters. The van der Waals surface area contributed by atoms with Gasteiger partial charge >= 0.3 is 0 Å². The summed E-state index contributed by atoms with van der Waals surface area (Å²) in [7, 11) is 0. The van der Waals surface area contributed by atoms with E-state index in [0.717, 1.165) is 32.7 Å². The lowest BCUT2D eigenvalue weighted by Gasteiger charge is -2.29. The number of hydrogen-bond acceptors (Lipinski definition) is 3. The van der Waals surface area contributed by atoms with Gasteiger partial charge in [0.1, 0.15) is 0 Å². The molecule has 1 heterocycles. The monoisotopic (exact) mass is 242 g/mol. The van der Waals surface area contributed by atoms with Crippen molar-refractivity contribution in [2.24, 2.45) is 0 Å². The molecule has 0 aromatic rings. The van der Waals surface area contributed by atoms with Gasteiger partial charge in [-0.05, 0) is 45.7 Å². The summed E-state index contributed by atoms with van der Waals surface area (Å²) < 4.78 is 5.82. The number of ether oxygens (including phenoxy) is 1. The third-order valence-corrected chi connectivity index (χ3v) is 3.63. The normalized spacial score (nSPS) is 24.5. The Morgan fingerprint density at radius 2 is 2.18 bits per heavy atom. The Balaban J connectivity index is 2.25. The third-order valence-electron chi connectivity index (χ3n) is 3.63. The van der Waals surface area contributed by atoms with Crippen LogP contribution in [0.4, 0.5) is 0 Å². The lowest BCUT2D eigenvalue weighted by Crippen LogP contribution is -2.39. The van der Waals surface area contributed by atoms with E-state index in [1.54, 1.807) is 0 Å². The highest BCUT2D eigenvalue weighted by atomic mass is 16.5. The summed E-state index contributed by atoms with van der Waals surface area (Å²) in [5.41, 5.74) is 0. The first-order valence-electron chi connectivity index (χ1n) is 7.34. The second kappa shape index (κ2) is 8.90. The summed E-state index contributed by atoms with van der Waals surface area (Å²) in [4.78, 5) is 2.61.